The van der Waals surface area contributed by atoms with Gasteiger partial charge < -0.3 is 16.0 Å². The van der Waals surface area contributed by atoms with Crippen LogP contribution in [0.1, 0.15) is 18.0 Å². The molecule has 1 aliphatic heterocycles. The van der Waals surface area contributed by atoms with Crippen molar-refractivity contribution >= 4 is 29.1 Å². The number of rotatable bonds is 2. The lowest BCUT2D eigenvalue weighted by atomic mass is 10.0. The number of ketones is 1. The van der Waals surface area contributed by atoms with Gasteiger partial charge in [0.25, 0.3) is 5.91 Å². The molecular weight excluding hydrogens is 351 g/mol. The number of fused-ring (bicyclic) bond motifs is 1. The Hall–Kier alpha value is -3.36. The van der Waals surface area contributed by atoms with Crippen molar-refractivity contribution in [2.24, 2.45) is 0 Å². The summed E-state index contributed by atoms with van der Waals surface area (Å²) in [6.45, 7) is 0. The van der Waals surface area contributed by atoms with Gasteiger partial charge in [0.2, 0.25) is 5.78 Å². The Labute approximate surface area is 145 Å². The van der Waals surface area contributed by atoms with Crippen molar-refractivity contribution in [3.05, 3.63) is 59.4 Å². The Kier molecular flexibility index (Phi) is 4.61. The smallest absolute Gasteiger partial charge is 0.319 e. The van der Waals surface area contributed by atoms with Crippen LogP contribution in [-0.2, 0) is 9.59 Å². The fraction of sp³-hybridized carbons (Fsp3) is 0.118. The van der Waals surface area contributed by atoms with Crippen LogP contribution in [-0.4, -0.2) is 17.7 Å². The van der Waals surface area contributed by atoms with Crippen molar-refractivity contribution in [1.29, 1.82) is 0 Å². The molecule has 3 amide bonds. The fourth-order valence-electron chi connectivity index (χ4n) is 2.59. The van der Waals surface area contributed by atoms with Gasteiger partial charge in [-0.15, -0.1) is 0 Å². The zero-order valence-corrected chi connectivity index (χ0v) is 13.1. The van der Waals surface area contributed by atoms with Gasteiger partial charge in [-0.05, 0) is 11.6 Å². The first-order valence-corrected chi connectivity index (χ1v) is 7.50. The average Bonchev–Trinajstić information content (AvgIpc) is 2.69. The van der Waals surface area contributed by atoms with Crippen molar-refractivity contribution in [2.75, 3.05) is 10.6 Å². The predicted molar refractivity (Wildman–Crippen MR) is 85.9 cm³/mol. The third kappa shape index (κ3) is 3.51. The van der Waals surface area contributed by atoms with Crippen molar-refractivity contribution < 1.29 is 27.6 Å². The topological polar surface area (TPSA) is 87.3 Å². The van der Waals surface area contributed by atoms with E-state index in [1.165, 1.54) is 0 Å². The van der Waals surface area contributed by atoms with E-state index in [0.29, 0.717) is 23.4 Å². The maximum absolute atomic E-state index is 13.6. The molecule has 0 aliphatic carbocycles. The maximum atomic E-state index is 13.6. The molecule has 0 spiro atoms. The fourth-order valence-corrected chi connectivity index (χ4v) is 2.59. The van der Waals surface area contributed by atoms with Crippen molar-refractivity contribution in [3.8, 4) is 0 Å². The molecule has 3 rings (SSSR count). The number of amides is 3. The van der Waals surface area contributed by atoms with E-state index in [1.54, 1.807) is 24.3 Å². The number of hydrogen-bond donors (Lipinski definition) is 3. The van der Waals surface area contributed by atoms with Crippen LogP contribution in [0.3, 0.4) is 0 Å². The Balaban J connectivity index is 1.83. The van der Waals surface area contributed by atoms with Gasteiger partial charge in [0.1, 0.15) is 5.82 Å². The van der Waals surface area contributed by atoms with E-state index in [-0.39, 0.29) is 6.42 Å². The minimum Gasteiger partial charge on any atom is -0.331 e. The van der Waals surface area contributed by atoms with E-state index in [4.69, 9.17) is 0 Å². The number of carbonyl (C=O) groups excluding carboxylic acids is 3. The molecule has 0 bridgehead atoms. The molecule has 1 unspecified atom stereocenters. The maximum Gasteiger partial charge on any atom is 0.319 e. The van der Waals surface area contributed by atoms with Gasteiger partial charge in [0, 0.05) is 24.2 Å². The molecule has 0 saturated heterocycles. The second-order valence-corrected chi connectivity index (χ2v) is 5.57. The van der Waals surface area contributed by atoms with Gasteiger partial charge >= 0.3 is 6.03 Å². The third-order valence-electron chi connectivity index (χ3n) is 3.77. The summed E-state index contributed by atoms with van der Waals surface area (Å²) >= 11 is 0. The molecule has 1 heterocycles. The van der Waals surface area contributed by atoms with E-state index in [2.05, 4.69) is 10.6 Å². The molecule has 26 heavy (non-hydrogen) atoms. The van der Waals surface area contributed by atoms with Crippen LogP contribution < -0.4 is 16.0 Å². The molecule has 0 aromatic heterocycles. The first kappa shape index (κ1) is 17.5. The summed E-state index contributed by atoms with van der Waals surface area (Å²) in [7, 11) is 0. The van der Waals surface area contributed by atoms with Crippen LogP contribution >= 0.6 is 0 Å². The highest BCUT2D eigenvalue weighted by Crippen LogP contribution is 2.28. The highest BCUT2D eigenvalue weighted by Gasteiger charge is 2.29. The summed E-state index contributed by atoms with van der Waals surface area (Å²) in [6, 6.07) is 5.52. The molecule has 134 valence electrons. The minimum absolute atomic E-state index is 0.323. The lowest BCUT2D eigenvalue weighted by molar-refractivity contribution is -0.134. The molecule has 2 aromatic rings. The molecule has 9 heteroatoms. The summed E-state index contributed by atoms with van der Waals surface area (Å²) in [5, 5.41) is 6.83. The summed E-state index contributed by atoms with van der Waals surface area (Å²) in [5.74, 6) is -5.51. The molecule has 1 aliphatic rings. The second kappa shape index (κ2) is 6.87. The van der Waals surface area contributed by atoms with Gasteiger partial charge in [-0.1, -0.05) is 18.2 Å². The summed E-state index contributed by atoms with van der Waals surface area (Å²) in [6.07, 6.45) is -0.323. The largest absolute Gasteiger partial charge is 0.331 e. The van der Waals surface area contributed by atoms with Gasteiger partial charge in [0.05, 0.1) is 11.7 Å². The van der Waals surface area contributed by atoms with E-state index in [0.717, 1.165) is 0 Å². The van der Waals surface area contributed by atoms with Crippen LogP contribution in [0.5, 0.6) is 0 Å². The van der Waals surface area contributed by atoms with E-state index in [1.807, 2.05) is 5.32 Å². The normalized spacial score (nSPS) is 16.3. The van der Waals surface area contributed by atoms with E-state index >= 15 is 0 Å². The standard InChI is InChI=1S/C17H12F3N3O3/c18-8-5-10(19)15(20)13(6-8)23-17(26)22-12-7-14(24)16(25)21-11-4-2-1-3-9(11)12/h1-6,12H,7H2,(H,21,25)(H2,22,23,26). The third-order valence-corrected chi connectivity index (χ3v) is 3.77. The first-order valence-electron chi connectivity index (χ1n) is 7.50. The highest BCUT2D eigenvalue weighted by molar-refractivity contribution is 6.41. The molecular formula is C17H12F3N3O3. The number of anilines is 2. The molecule has 0 fully saturated rings. The second-order valence-electron chi connectivity index (χ2n) is 5.57. The van der Waals surface area contributed by atoms with Gasteiger partial charge in [-0.3, -0.25) is 9.59 Å². The molecule has 3 N–H and O–H groups in total. The monoisotopic (exact) mass is 363 g/mol. The van der Waals surface area contributed by atoms with Crippen LogP contribution in [0, 0.1) is 17.5 Å². The Morgan fingerprint density at radius 1 is 1.12 bits per heavy atom. The Morgan fingerprint density at radius 3 is 2.62 bits per heavy atom. The SMILES string of the molecule is O=C(Nc1cc(F)cc(F)c1F)NC1CC(=O)C(=O)Nc2ccccc21. The number of carbonyl (C=O) groups is 3. The Bertz CT molecular complexity index is 917. The number of urea groups is 1. The van der Waals surface area contributed by atoms with Crippen LogP contribution in [0.15, 0.2) is 36.4 Å². The molecule has 2 aromatic carbocycles. The molecule has 6 nitrogen and oxygen atoms in total. The van der Waals surface area contributed by atoms with Crippen molar-refractivity contribution in [2.45, 2.75) is 12.5 Å². The average molecular weight is 363 g/mol. The lowest BCUT2D eigenvalue weighted by Gasteiger charge is -2.18. The Morgan fingerprint density at radius 2 is 1.85 bits per heavy atom. The lowest BCUT2D eigenvalue weighted by Crippen LogP contribution is -2.34. The summed E-state index contributed by atoms with van der Waals surface area (Å²) in [4.78, 5) is 35.6. The van der Waals surface area contributed by atoms with Crippen molar-refractivity contribution in [1.82, 2.24) is 5.32 Å². The van der Waals surface area contributed by atoms with E-state index in [9.17, 15) is 27.6 Å². The summed E-state index contributed by atoms with van der Waals surface area (Å²) < 4.78 is 40.1. The molecule has 0 radical (unpaired) electrons. The first-order chi connectivity index (χ1) is 12.3. The van der Waals surface area contributed by atoms with Crippen LogP contribution in [0.4, 0.5) is 29.3 Å². The number of benzene rings is 2. The number of hydrogen-bond acceptors (Lipinski definition) is 3. The van der Waals surface area contributed by atoms with Crippen molar-refractivity contribution in [3.63, 3.8) is 0 Å². The van der Waals surface area contributed by atoms with Gasteiger partial charge in [0.15, 0.2) is 11.6 Å². The molecule has 0 saturated carbocycles. The van der Waals surface area contributed by atoms with E-state index < -0.39 is 46.9 Å². The van der Waals surface area contributed by atoms with Gasteiger partial charge in [-0.25, -0.2) is 18.0 Å². The highest BCUT2D eigenvalue weighted by atomic mass is 19.2. The zero-order valence-electron chi connectivity index (χ0n) is 13.1. The number of nitrogens with one attached hydrogen (secondary N) is 3. The molecule has 1 atom stereocenters. The number of para-hydroxylation sites is 1. The summed E-state index contributed by atoms with van der Waals surface area (Å²) in [5.41, 5.74) is 0.117. The van der Waals surface area contributed by atoms with Crippen LogP contribution in [0.2, 0.25) is 0 Å². The number of halogens is 3. The predicted octanol–water partition coefficient (Wildman–Crippen LogP) is 2.88. The quantitative estimate of drug-likeness (QED) is 0.566. The van der Waals surface area contributed by atoms with Gasteiger partial charge in [-0.2, -0.15) is 0 Å². The zero-order chi connectivity index (χ0) is 18.8. The number of Topliss-reactive ketones (excluding diaryl/α,β-unsaturated/α-hetero) is 1. The minimum atomic E-state index is -1.45. The van der Waals surface area contributed by atoms with Crippen LogP contribution in [0.25, 0.3) is 0 Å².